The molecule has 1 fully saturated rings. The second-order valence-electron chi connectivity index (χ2n) is 9.29. The van der Waals surface area contributed by atoms with E-state index in [9.17, 15) is 5.11 Å². The van der Waals surface area contributed by atoms with Crippen LogP contribution in [0.1, 0.15) is 29.7 Å². The average molecular weight is 474 g/mol. The molecule has 0 radical (unpaired) electrons. The summed E-state index contributed by atoms with van der Waals surface area (Å²) in [7, 11) is 1.89. The van der Waals surface area contributed by atoms with Crippen molar-refractivity contribution in [3.05, 3.63) is 59.8 Å². The van der Waals surface area contributed by atoms with Crippen LogP contribution in [0, 0.1) is 12.3 Å². The summed E-state index contributed by atoms with van der Waals surface area (Å²) >= 11 is 1.67. The number of hydrogen-bond acceptors (Lipinski definition) is 8. The number of nitrogens with zero attached hydrogens (tertiary/aromatic N) is 6. The predicted molar refractivity (Wildman–Crippen MR) is 133 cm³/mol. The van der Waals surface area contributed by atoms with Gasteiger partial charge in [0.25, 0.3) is 0 Å². The van der Waals surface area contributed by atoms with Gasteiger partial charge >= 0.3 is 0 Å². The third kappa shape index (κ3) is 3.55. The second kappa shape index (κ2) is 8.16. The lowest BCUT2D eigenvalue weighted by atomic mass is 9.76. The van der Waals surface area contributed by atoms with Crippen molar-refractivity contribution < 1.29 is 5.11 Å². The van der Waals surface area contributed by atoms with Gasteiger partial charge in [0.2, 0.25) is 11.8 Å². The van der Waals surface area contributed by atoms with Gasteiger partial charge in [0.05, 0.1) is 4.90 Å². The van der Waals surface area contributed by atoms with Crippen molar-refractivity contribution >= 4 is 29.2 Å². The van der Waals surface area contributed by atoms with Crippen molar-refractivity contribution in [2.24, 2.45) is 5.41 Å². The third-order valence-electron chi connectivity index (χ3n) is 7.25. The first-order valence-corrected chi connectivity index (χ1v) is 12.4. The molecule has 5 heterocycles. The number of nitrogens with one attached hydrogen (secondary N) is 1. The van der Waals surface area contributed by atoms with Gasteiger partial charge in [-0.1, -0.05) is 17.8 Å². The molecule has 0 amide bonds. The van der Waals surface area contributed by atoms with Gasteiger partial charge in [-0.25, -0.2) is 19.9 Å². The molecule has 1 spiro atoms. The Morgan fingerprint density at radius 1 is 1.03 bits per heavy atom. The molecular formula is C25H27N7OS. The molecule has 174 valence electrons. The van der Waals surface area contributed by atoms with E-state index in [1.165, 1.54) is 5.56 Å². The van der Waals surface area contributed by atoms with Crippen LogP contribution in [0.4, 0.5) is 11.8 Å². The van der Waals surface area contributed by atoms with Gasteiger partial charge in [0.1, 0.15) is 5.82 Å². The highest BCUT2D eigenvalue weighted by molar-refractivity contribution is 7.99. The Hall–Kier alpha value is -3.33. The molecule has 0 saturated carbocycles. The Bertz CT molecular complexity index is 1380. The molecule has 8 nitrogen and oxygen atoms in total. The van der Waals surface area contributed by atoms with Crippen molar-refractivity contribution in [1.82, 2.24) is 24.3 Å². The lowest BCUT2D eigenvalue weighted by Gasteiger charge is -2.39. The molecule has 34 heavy (non-hydrogen) atoms. The van der Waals surface area contributed by atoms with Crippen LogP contribution in [-0.4, -0.2) is 49.6 Å². The minimum absolute atomic E-state index is 0.127. The van der Waals surface area contributed by atoms with Gasteiger partial charge in [0.15, 0.2) is 5.65 Å². The standard InChI is InChI=1S/C25H27N7OS/c1-16-19(5-8-27-22(16)26-2)34-20-15-29-24(32-12-9-28-23(20)32)31-10-6-25(7-11-31)13-17-3-4-21(33)30-18(17)14-25/h3-5,8-9,12,15H,6-7,10-11,13-14H2,1-2H3,(H,26,27)(H,30,33). The molecule has 2 N–H and O–H groups in total. The van der Waals surface area contributed by atoms with Crippen LogP contribution < -0.4 is 10.2 Å². The summed E-state index contributed by atoms with van der Waals surface area (Å²) < 4.78 is 2.11. The number of piperidine rings is 1. The van der Waals surface area contributed by atoms with Crippen LogP contribution >= 0.6 is 11.8 Å². The smallest absolute Gasteiger partial charge is 0.211 e. The first kappa shape index (κ1) is 21.2. The van der Waals surface area contributed by atoms with E-state index in [0.29, 0.717) is 0 Å². The Balaban J connectivity index is 1.23. The molecule has 0 aromatic carbocycles. The number of fused-ring (bicyclic) bond motifs is 2. The van der Waals surface area contributed by atoms with Gasteiger partial charge in [-0.2, -0.15) is 0 Å². The molecule has 0 atom stereocenters. The van der Waals surface area contributed by atoms with Gasteiger partial charge in [-0.15, -0.1) is 0 Å². The topological polar surface area (TPSA) is 91.5 Å². The van der Waals surface area contributed by atoms with E-state index in [1.54, 1.807) is 17.8 Å². The second-order valence-corrected chi connectivity index (χ2v) is 10.4. The molecule has 1 saturated heterocycles. The highest BCUT2D eigenvalue weighted by Gasteiger charge is 2.41. The molecular weight excluding hydrogens is 446 g/mol. The fraction of sp³-hybridized carbons (Fsp3) is 0.360. The minimum Gasteiger partial charge on any atom is -0.493 e. The fourth-order valence-electron chi connectivity index (χ4n) is 5.38. The molecule has 1 aliphatic carbocycles. The third-order valence-corrected chi connectivity index (χ3v) is 8.42. The van der Waals surface area contributed by atoms with E-state index < -0.39 is 0 Å². The normalized spacial score (nSPS) is 16.8. The van der Waals surface area contributed by atoms with Gasteiger partial charge in [-0.05, 0) is 49.7 Å². The van der Waals surface area contributed by atoms with Crippen molar-refractivity contribution in [2.45, 2.75) is 42.4 Å². The maximum Gasteiger partial charge on any atom is 0.211 e. The monoisotopic (exact) mass is 473 g/mol. The largest absolute Gasteiger partial charge is 0.493 e. The van der Waals surface area contributed by atoms with E-state index in [-0.39, 0.29) is 11.3 Å². The number of pyridine rings is 2. The summed E-state index contributed by atoms with van der Waals surface area (Å²) in [6, 6.07) is 5.78. The zero-order chi connectivity index (χ0) is 23.3. The molecule has 4 aromatic rings. The molecule has 1 aliphatic heterocycles. The van der Waals surface area contributed by atoms with Crippen molar-refractivity contribution in [2.75, 3.05) is 30.4 Å². The SMILES string of the molecule is CNc1nccc(Sc2cnc(N3CCC4(CC3)Cc3ccc(O)nc3C4)n3ccnc23)c1C. The Morgan fingerprint density at radius 2 is 1.88 bits per heavy atom. The van der Waals surface area contributed by atoms with Crippen molar-refractivity contribution in [3.63, 3.8) is 0 Å². The zero-order valence-corrected chi connectivity index (χ0v) is 20.1. The summed E-state index contributed by atoms with van der Waals surface area (Å²) in [5.74, 6) is 1.96. The average Bonchev–Trinajstić information content (AvgIpc) is 3.46. The Morgan fingerprint density at radius 3 is 2.71 bits per heavy atom. The van der Waals surface area contributed by atoms with Crippen LogP contribution in [0.3, 0.4) is 0 Å². The van der Waals surface area contributed by atoms with E-state index in [2.05, 4.69) is 36.5 Å². The summed E-state index contributed by atoms with van der Waals surface area (Å²) in [4.78, 5) is 22.9. The minimum atomic E-state index is 0.127. The Labute approximate surface area is 202 Å². The molecule has 6 rings (SSSR count). The van der Waals surface area contributed by atoms with Gasteiger partial charge < -0.3 is 15.3 Å². The molecule has 2 aliphatic rings. The Kier molecular flexibility index (Phi) is 5.09. The first-order valence-electron chi connectivity index (χ1n) is 11.6. The summed E-state index contributed by atoms with van der Waals surface area (Å²) in [5.41, 5.74) is 4.64. The molecule has 0 bridgehead atoms. The zero-order valence-electron chi connectivity index (χ0n) is 19.3. The summed E-state index contributed by atoms with van der Waals surface area (Å²) in [5, 5.41) is 12.9. The highest BCUT2D eigenvalue weighted by Crippen LogP contribution is 2.45. The van der Waals surface area contributed by atoms with Crippen LogP contribution in [0.25, 0.3) is 5.65 Å². The van der Waals surface area contributed by atoms with Gasteiger partial charge in [-0.3, -0.25) is 4.40 Å². The summed E-state index contributed by atoms with van der Waals surface area (Å²) in [6.45, 7) is 3.97. The quantitative estimate of drug-likeness (QED) is 0.458. The number of aromatic hydroxyl groups is 1. The lowest BCUT2D eigenvalue weighted by Crippen LogP contribution is -2.41. The van der Waals surface area contributed by atoms with Crippen LogP contribution in [0.15, 0.2) is 52.8 Å². The predicted octanol–water partition coefficient (Wildman–Crippen LogP) is 4.11. The first-order chi connectivity index (χ1) is 16.5. The maximum atomic E-state index is 9.77. The molecule has 0 unspecified atom stereocenters. The van der Waals surface area contributed by atoms with E-state index in [4.69, 9.17) is 4.98 Å². The van der Waals surface area contributed by atoms with Crippen molar-refractivity contribution in [1.29, 1.82) is 0 Å². The van der Waals surface area contributed by atoms with Crippen LogP contribution in [-0.2, 0) is 12.8 Å². The number of hydrogen-bond donors (Lipinski definition) is 2. The fourth-order valence-corrected chi connectivity index (χ4v) is 6.34. The van der Waals surface area contributed by atoms with E-state index in [0.717, 1.165) is 77.2 Å². The number of anilines is 2. The van der Waals surface area contributed by atoms with E-state index in [1.807, 2.05) is 44.0 Å². The van der Waals surface area contributed by atoms with Crippen LogP contribution in [0.2, 0.25) is 0 Å². The van der Waals surface area contributed by atoms with E-state index >= 15 is 0 Å². The highest BCUT2D eigenvalue weighted by atomic mass is 32.2. The van der Waals surface area contributed by atoms with Crippen molar-refractivity contribution in [3.8, 4) is 5.88 Å². The number of imidazole rings is 1. The lowest BCUT2D eigenvalue weighted by molar-refractivity contribution is 0.230. The summed E-state index contributed by atoms with van der Waals surface area (Å²) in [6.07, 6.45) is 11.8. The number of rotatable bonds is 4. The van der Waals surface area contributed by atoms with Crippen LogP contribution in [0.5, 0.6) is 5.88 Å². The number of aromatic nitrogens is 5. The maximum absolute atomic E-state index is 9.77. The molecule has 9 heteroatoms. The van der Waals surface area contributed by atoms with Gasteiger partial charge in [0, 0.05) is 67.1 Å². The molecule has 4 aromatic heterocycles.